The highest BCUT2D eigenvalue weighted by atomic mass is 32.1. The number of halogens is 3. The fourth-order valence-electron chi connectivity index (χ4n) is 3.25. The van der Waals surface area contributed by atoms with Gasteiger partial charge in [0.1, 0.15) is 11.6 Å². The molecular formula is C19H18F3N5O2S. The Hall–Kier alpha value is -2.95. The van der Waals surface area contributed by atoms with E-state index in [1.807, 2.05) is 0 Å². The monoisotopic (exact) mass is 437 g/mol. The second-order valence-corrected chi connectivity index (χ2v) is 7.90. The minimum atomic E-state index is -4.40. The zero-order valence-electron chi connectivity index (χ0n) is 15.7. The number of fused-ring (bicyclic) bond motifs is 1. The predicted octanol–water partition coefficient (Wildman–Crippen LogP) is 3.88. The number of nitrogens with zero attached hydrogens (tertiary/aromatic N) is 4. The van der Waals surface area contributed by atoms with Crippen LogP contribution in [0.1, 0.15) is 12.8 Å². The first-order valence-electron chi connectivity index (χ1n) is 9.29. The molecule has 3 aromatic rings. The molecule has 0 saturated carbocycles. The van der Waals surface area contributed by atoms with Crippen LogP contribution in [-0.4, -0.2) is 46.7 Å². The van der Waals surface area contributed by atoms with E-state index in [1.54, 1.807) is 24.7 Å². The molecule has 0 radical (unpaired) electrons. The van der Waals surface area contributed by atoms with Crippen molar-refractivity contribution in [2.75, 3.05) is 29.9 Å². The highest BCUT2D eigenvalue weighted by Gasteiger charge is 2.29. The van der Waals surface area contributed by atoms with Gasteiger partial charge in [-0.25, -0.2) is 9.97 Å². The van der Waals surface area contributed by atoms with Crippen LogP contribution in [0.15, 0.2) is 36.8 Å². The Morgan fingerprint density at radius 2 is 2.07 bits per heavy atom. The number of rotatable bonds is 5. The van der Waals surface area contributed by atoms with Crippen LogP contribution in [0.3, 0.4) is 0 Å². The van der Waals surface area contributed by atoms with E-state index in [2.05, 4.69) is 25.2 Å². The van der Waals surface area contributed by atoms with E-state index in [-0.39, 0.29) is 17.6 Å². The zero-order chi connectivity index (χ0) is 21.1. The Balaban J connectivity index is 1.35. The molecule has 0 aliphatic carbocycles. The predicted molar refractivity (Wildman–Crippen MR) is 107 cm³/mol. The number of aromatic nitrogens is 3. The van der Waals surface area contributed by atoms with E-state index >= 15 is 0 Å². The Bertz CT molecular complexity index is 1020. The lowest BCUT2D eigenvalue weighted by Gasteiger charge is -2.31. The van der Waals surface area contributed by atoms with Crippen molar-refractivity contribution in [1.82, 2.24) is 15.0 Å². The maximum absolute atomic E-state index is 12.6. The molecule has 4 rings (SSSR count). The molecule has 0 bridgehead atoms. The smallest absolute Gasteiger partial charge is 0.422 e. The summed E-state index contributed by atoms with van der Waals surface area (Å²) in [7, 11) is 0. The molecule has 3 heterocycles. The topological polar surface area (TPSA) is 80.2 Å². The second-order valence-electron chi connectivity index (χ2n) is 6.87. The summed E-state index contributed by atoms with van der Waals surface area (Å²) in [5.41, 5.74) is 0.590. The van der Waals surface area contributed by atoms with Gasteiger partial charge in [-0.1, -0.05) is 11.3 Å². The Morgan fingerprint density at radius 3 is 2.77 bits per heavy atom. The number of hydrogen-bond acceptors (Lipinski definition) is 7. The standard InChI is InChI=1S/C19H18F3N5O2S/c20-19(21,22)11-29-13-1-2-14-15(9-13)30-18(25-14)26-17(28)12-3-7-27(8-4-12)16-10-23-5-6-24-16/h1-2,5-6,9-10,12H,3-4,7-8,11H2,(H,25,26,28). The third-order valence-corrected chi connectivity index (χ3v) is 5.67. The number of piperidine rings is 1. The Labute approximate surface area is 173 Å². The quantitative estimate of drug-likeness (QED) is 0.653. The van der Waals surface area contributed by atoms with Crippen LogP contribution in [0, 0.1) is 5.92 Å². The third kappa shape index (κ3) is 4.96. The van der Waals surface area contributed by atoms with E-state index in [9.17, 15) is 18.0 Å². The number of alkyl halides is 3. The molecule has 1 aromatic carbocycles. The van der Waals surface area contributed by atoms with Gasteiger partial charge in [0.2, 0.25) is 5.91 Å². The molecule has 1 saturated heterocycles. The minimum absolute atomic E-state index is 0.109. The van der Waals surface area contributed by atoms with Crippen molar-refractivity contribution in [1.29, 1.82) is 0 Å². The van der Waals surface area contributed by atoms with E-state index in [4.69, 9.17) is 4.74 Å². The number of benzene rings is 1. The molecule has 1 fully saturated rings. The third-order valence-electron chi connectivity index (χ3n) is 4.73. The largest absolute Gasteiger partial charge is 0.484 e. The molecule has 2 aromatic heterocycles. The highest BCUT2D eigenvalue weighted by Crippen LogP contribution is 2.31. The van der Waals surface area contributed by atoms with Crippen molar-refractivity contribution in [3.63, 3.8) is 0 Å². The number of carbonyl (C=O) groups is 1. The van der Waals surface area contributed by atoms with Gasteiger partial charge in [-0.05, 0) is 31.0 Å². The van der Waals surface area contributed by atoms with Crippen LogP contribution in [0.4, 0.5) is 24.1 Å². The zero-order valence-corrected chi connectivity index (χ0v) is 16.5. The molecule has 30 heavy (non-hydrogen) atoms. The summed E-state index contributed by atoms with van der Waals surface area (Å²) in [6, 6.07) is 4.50. The summed E-state index contributed by atoms with van der Waals surface area (Å²) >= 11 is 1.20. The Kier molecular flexibility index (Phi) is 5.71. The summed E-state index contributed by atoms with van der Waals surface area (Å²) < 4.78 is 42.3. The van der Waals surface area contributed by atoms with Crippen LogP contribution < -0.4 is 15.0 Å². The average molecular weight is 437 g/mol. The number of anilines is 2. The maximum Gasteiger partial charge on any atom is 0.422 e. The van der Waals surface area contributed by atoms with Crippen LogP contribution >= 0.6 is 11.3 Å². The van der Waals surface area contributed by atoms with Gasteiger partial charge in [0.15, 0.2) is 11.7 Å². The van der Waals surface area contributed by atoms with Gasteiger partial charge >= 0.3 is 6.18 Å². The highest BCUT2D eigenvalue weighted by molar-refractivity contribution is 7.22. The number of hydrogen-bond donors (Lipinski definition) is 1. The van der Waals surface area contributed by atoms with E-state index < -0.39 is 12.8 Å². The molecule has 1 aliphatic rings. The summed E-state index contributed by atoms with van der Waals surface area (Å²) in [6.45, 7) is 0.0568. The summed E-state index contributed by atoms with van der Waals surface area (Å²) in [4.78, 5) is 27.4. The molecule has 1 amide bonds. The van der Waals surface area contributed by atoms with Crippen molar-refractivity contribution in [3.05, 3.63) is 36.8 Å². The lowest BCUT2D eigenvalue weighted by Crippen LogP contribution is -2.38. The fourth-order valence-corrected chi connectivity index (χ4v) is 4.14. The van der Waals surface area contributed by atoms with Gasteiger partial charge in [-0.3, -0.25) is 9.78 Å². The van der Waals surface area contributed by atoms with E-state index in [1.165, 1.54) is 23.5 Å². The molecular weight excluding hydrogens is 419 g/mol. The number of carbonyl (C=O) groups excluding carboxylic acids is 1. The lowest BCUT2D eigenvalue weighted by molar-refractivity contribution is -0.153. The molecule has 1 N–H and O–H groups in total. The summed E-state index contributed by atoms with van der Waals surface area (Å²) in [5, 5.41) is 3.25. The number of amides is 1. The normalized spacial score (nSPS) is 15.4. The molecule has 1 aliphatic heterocycles. The van der Waals surface area contributed by atoms with Crippen molar-refractivity contribution in [3.8, 4) is 5.75 Å². The second kappa shape index (κ2) is 8.42. The van der Waals surface area contributed by atoms with Gasteiger partial charge in [0.05, 0.1) is 16.4 Å². The number of ether oxygens (including phenoxy) is 1. The van der Waals surface area contributed by atoms with Crippen LogP contribution in [0.2, 0.25) is 0 Å². The van der Waals surface area contributed by atoms with Gasteiger partial charge < -0.3 is 15.0 Å². The first-order chi connectivity index (χ1) is 14.4. The minimum Gasteiger partial charge on any atom is -0.484 e. The molecule has 11 heteroatoms. The molecule has 0 atom stereocenters. The molecule has 7 nitrogen and oxygen atoms in total. The van der Waals surface area contributed by atoms with Crippen LogP contribution in [0.5, 0.6) is 5.75 Å². The van der Waals surface area contributed by atoms with Crippen molar-refractivity contribution in [2.45, 2.75) is 19.0 Å². The van der Waals surface area contributed by atoms with E-state index in [0.717, 1.165) is 5.82 Å². The van der Waals surface area contributed by atoms with Gasteiger partial charge in [0.25, 0.3) is 0 Å². The van der Waals surface area contributed by atoms with Gasteiger partial charge in [-0.2, -0.15) is 13.2 Å². The summed E-state index contributed by atoms with van der Waals surface area (Å²) in [5.74, 6) is 0.654. The molecule has 0 spiro atoms. The van der Waals surface area contributed by atoms with Gasteiger partial charge in [-0.15, -0.1) is 0 Å². The van der Waals surface area contributed by atoms with Crippen molar-refractivity contribution < 1.29 is 22.7 Å². The molecule has 0 unspecified atom stereocenters. The van der Waals surface area contributed by atoms with Crippen molar-refractivity contribution >= 4 is 38.4 Å². The number of thiazole rings is 1. The first-order valence-corrected chi connectivity index (χ1v) is 10.1. The van der Waals surface area contributed by atoms with Crippen LogP contribution in [0.25, 0.3) is 10.2 Å². The first kappa shape index (κ1) is 20.3. The maximum atomic E-state index is 12.6. The fraction of sp³-hybridized carbons (Fsp3) is 0.368. The molecule has 158 valence electrons. The van der Waals surface area contributed by atoms with Crippen LogP contribution in [-0.2, 0) is 4.79 Å². The Morgan fingerprint density at radius 1 is 1.27 bits per heavy atom. The summed E-state index contributed by atoms with van der Waals surface area (Å²) in [6.07, 6.45) is 1.93. The SMILES string of the molecule is O=C(Nc1nc2ccc(OCC(F)(F)F)cc2s1)C1CCN(c2cnccn2)CC1. The van der Waals surface area contributed by atoms with E-state index in [0.29, 0.717) is 41.3 Å². The van der Waals surface area contributed by atoms with Gasteiger partial charge in [0, 0.05) is 31.4 Å². The lowest BCUT2D eigenvalue weighted by atomic mass is 9.96. The number of nitrogens with one attached hydrogen (secondary N) is 1. The average Bonchev–Trinajstić information content (AvgIpc) is 3.14. The van der Waals surface area contributed by atoms with Crippen molar-refractivity contribution in [2.24, 2.45) is 5.92 Å².